The fraction of sp³-hybridized carbons (Fsp3) is 0.476. The molecule has 1 aliphatic rings. The minimum absolute atomic E-state index is 0.263. The normalized spacial score (nSPS) is 20.8. The van der Waals surface area contributed by atoms with Crippen LogP contribution in [-0.2, 0) is 0 Å². The maximum absolute atomic E-state index is 13.9. The summed E-state index contributed by atoms with van der Waals surface area (Å²) in [6, 6.07) is 9.15. The number of methoxy groups -OCH3 is 1. The Hall–Kier alpha value is -1.90. The van der Waals surface area contributed by atoms with Crippen LogP contribution in [0.15, 0.2) is 36.5 Å². The van der Waals surface area contributed by atoms with Crippen LogP contribution in [0.5, 0.6) is 5.75 Å². The van der Waals surface area contributed by atoms with E-state index >= 15 is 0 Å². The van der Waals surface area contributed by atoms with Crippen LogP contribution < -0.4 is 4.74 Å². The van der Waals surface area contributed by atoms with E-state index in [0.29, 0.717) is 5.92 Å². The first-order valence-corrected chi connectivity index (χ1v) is 9.01. The maximum atomic E-state index is 13.9. The van der Waals surface area contributed by atoms with E-state index in [0.717, 1.165) is 17.2 Å². The summed E-state index contributed by atoms with van der Waals surface area (Å²) in [5.74, 6) is 1.46. The standard InChI is InChI=1S/C21H26FNO/c1-3-4-15-5-7-16(8-6-15)18-9-11-20(23-14-18)17-10-12-21(24-2)19(22)13-17/h9-16H,3-8H2,1-2H3. The molecule has 0 amide bonds. The Balaban J connectivity index is 1.69. The minimum atomic E-state index is -0.352. The van der Waals surface area contributed by atoms with Gasteiger partial charge in [-0.15, -0.1) is 0 Å². The summed E-state index contributed by atoms with van der Waals surface area (Å²) in [4.78, 5) is 4.57. The van der Waals surface area contributed by atoms with Crippen LogP contribution in [0.25, 0.3) is 11.3 Å². The third-order valence-electron chi connectivity index (χ3n) is 5.25. The summed E-state index contributed by atoms with van der Waals surface area (Å²) >= 11 is 0. The minimum Gasteiger partial charge on any atom is -0.494 e. The highest BCUT2D eigenvalue weighted by Gasteiger charge is 2.22. The molecule has 0 aliphatic heterocycles. The average Bonchev–Trinajstić information content (AvgIpc) is 2.63. The van der Waals surface area contributed by atoms with Gasteiger partial charge >= 0.3 is 0 Å². The number of halogens is 1. The summed E-state index contributed by atoms with van der Waals surface area (Å²) in [7, 11) is 1.47. The van der Waals surface area contributed by atoms with Crippen molar-refractivity contribution in [1.82, 2.24) is 4.98 Å². The van der Waals surface area contributed by atoms with Crippen LogP contribution in [0.2, 0.25) is 0 Å². The lowest BCUT2D eigenvalue weighted by atomic mass is 9.77. The molecule has 24 heavy (non-hydrogen) atoms. The van der Waals surface area contributed by atoms with Crippen molar-refractivity contribution in [2.45, 2.75) is 51.4 Å². The van der Waals surface area contributed by atoms with E-state index in [1.807, 2.05) is 18.3 Å². The zero-order valence-electron chi connectivity index (χ0n) is 14.6. The molecule has 1 heterocycles. The lowest BCUT2D eigenvalue weighted by Crippen LogP contribution is -2.13. The van der Waals surface area contributed by atoms with E-state index in [1.165, 1.54) is 57.3 Å². The van der Waals surface area contributed by atoms with E-state index in [9.17, 15) is 4.39 Å². The van der Waals surface area contributed by atoms with E-state index in [4.69, 9.17) is 4.74 Å². The average molecular weight is 327 g/mol. The molecule has 0 spiro atoms. The third-order valence-corrected chi connectivity index (χ3v) is 5.25. The fourth-order valence-corrected chi connectivity index (χ4v) is 3.84. The largest absolute Gasteiger partial charge is 0.494 e. The molecule has 2 aromatic rings. The predicted octanol–water partition coefficient (Wildman–Crippen LogP) is 5.97. The molecule has 0 unspecified atom stereocenters. The third kappa shape index (κ3) is 3.77. The van der Waals surface area contributed by atoms with Crippen LogP contribution in [0.4, 0.5) is 4.39 Å². The molecule has 1 fully saturated rings. The van der Waals surface area contributed by atoms with Crippen molar-refractivity contribution in [3.63, 3.8) is 0 Å². The van der Waals surface area contributed by atoms with Crippen molar-refractivity contribution in [3.8, 4) is 17.0 Å². The van der Waals surface area contributed by atoms with E-state index < -0.39 is 0 Å². The number of benzene rings is 1. The zero-order valence-corrected chi connectivity index (χ0v) is 14.6. The second-order valence-electron chi connectivity index (χ2n) is 6.83. The zero-order chi connectivity index (χ0) is 16.9. The quantitative estimate of drug-likeness (QED) is 0.675. The monoisotopic (exact) mass is 327 g/mol. The van der Waals surface area contributed by atoms with Gasteiger partial charge in [0.05, 0.1) is 12.8 Å². The lowest BCUT2D eigenvalue weighted by molar-refractivity contribution is 0.308. The van der Waals surface area contributed by atoms with Gasteiger partial charge in [0.25, 0.3) is 0 Å². The maximum Gasteiger partial charge on any atom is 0.165 e. The SMILES string of the molecule is CCCC1CCC(c2ccc(-c3ccc(OC)c(F)c3)nc2)CC1. The first-order valence-electron chi connectivity index (χ1n) is 9.01. The number of pyridine rings is 1. The summed E-state index contributed by atoms with van der Waals surface area (Å²) < 4.78 is 18.8. The molecule has 2 nitrogen and oxygen atoms in total. The molecule has 1 aliphatic carbocycles. The molecule has 0 N–H and O–H groups in total. The molecule has 0 atom stereocenters. The van der Waals surface area contributed by atoms with Crippen molar-refractivity contribution >= 4 is 0 Å². The van der Waals surface area contributed by atoms with Gasteiger partial charge in [-0.25, -0.2) is 4.39 Å². The molecule has 1 aromatic carbocycles. The fourth-order valence-electron chi connectivity index (χ4n) is 3.84. The molecule has 0 bridgehead atoms. The highest BCUT2D eigenvalue weighted by Crippen LogP contribution is 2.37. The summed E-state index contributed by atoms with van der Waals surface area (Å²) in [6.07, 6.45) is 9.85. The van der Waals surface area contributed by atoms with Crippen LogP contribution >= 0.6 is 0 Å². The van der Waals surface area contributed by atoms with Gasteiger partial charge in [0, 0.05) is 11.8 Å². The van der Waals surface area contributed by atoms with Crippen molar-refractivity contribution < 1.29 is 9.13 Å². The Morgan fingerprint density at radius 1 is 1.12 bits per heavy atom. The van der Waals surface area contributed by atoms with Gasteiger partial charge in [0.1, 0.15) is 0 Å². The first kappa shape index (κ1) is 16.9. The first-order chi connectivity index (χ1) is 11.7. The summed E-state index contributed by atoms with van der Waals surface area (Å²) in [6.45, 7) is 2.27. The Labute approximate surface area is 144 Å². The Kier molecular flexibility index (Phi) is 5.49. The highest BCUT2D eigenvalue weighted by atomic mass is 19.1. The van der Waals surface area contributed by atoms with Gasteiger partial charge < -0.3 is 4.74 Å². The summed E-state index contributed by atoms with van der Waals surface area (Å²) in [5.41, 5.74) is 2.91. The summed E-state index contributed by atoms with van der Waals surface area (Å²) in [5, 5.41) is 0. The molecule has 128 valence electrons. The molecule has 0 radical (unpaired) electrons. The van der Waals surface area contributed by atoms with Gasteiger partial charge in [-0.2, -0.15) is 0 Å². The number of aromatic nitrogens is 1. The van der Waals surface area contributed by atoms with Gasteiger partial charge in [-0.05, 0) is 67.3 Å². The lowest BCUT2D eigenvalue weighted by Gasteiger charge is -2.28. The molecule has 3 rings (SSSR count). The topological polar surface area (TPSA) is 22.1 Å². The second kappa shape index (κ2) is 7.78. The molecule has 1 aromatic heterocycles. The van der Waals surface area contributed by atoms with Crippen LogP contribution in [0, 0.1) is 11.7 Å². The van der Waals surface area contributed by atoms with Gasteiger partial charge in [0.15, 0.2) is 11.6 Å². The van der Waals surface area contributed by atoms with Crippen LogP contribution in [0.3, 0.4) is 0 Å². The van der Waals surface area contributed by atoms with Crippen LogP contribution in [-0.4, -0.2) is 12.1 Å². The van der Waals surface area contributed by atoms with Gasteiger partial charge in [0.2, 0.25) is 0 Å². The number of nitrogens with zero attached hydrogens (tertiary/aromatic N) is 1. The number of hydrogen-bond acceptors (Lipinski definition) is 2. The smallest absolute Gasteiger partial charge is 0.165 e. The highest BCUT2D eigenvalue weighted by molar-refractivity contribution is 5.60. The number of ether oxygens (including phenoxy) is 1. The Morgan fingerprint density at radius 3 is 2.50 bits per heavy atom. The Morgan fingerprint density at radius 2 is 1.92 bits per heavy atom. The molecule has 1 saturated carbocycles. The van der Waals surface area contributed by atoms with E-state index in [2.05, 4.69) is 18.0 Å². The van der Waals surface area contributed by atoms with Crippen LogP contribution in [0.1, 0.15) is 56.9 Å². The molecule has 3 heteroatoms. The van der Waals surface area contributed by atoms with E-state index in [-0.39, 0.29) is 11.6 Å². The second-order valence-corrected chi connectivity index (χ2v) is 6.83. The number of rotatable bonds is 5. The van der Waals surface area contributed by atoms with Gasteiger partial charge in [-0.1, -0.05) is 25.8 Å². The predicted molar refractivity (Wildman–Crippen MR) is 95.8 cm³/mol. The van der Waals surface area contributed by atoms with Crippen molar-refractivity contribution in [3.05, 3.63) is 47.9 Å². The van der Waals surface area contributed by atoms with E-state index in [1.54, 1.807) is 6.07 Å². The van der Waals surface area contributed by atoms with Crippen molar-refractivity contribution in [1.29, 1.82) is 0 Å². The molecular weight excluding hydrogens is 301 g/mol. The molecular formula is C21H26FNO. The molecule has 0 saturated heterocycles. The van der Waals surface area contributed by atoms with Crippen molar-refractivity contribution in [2.75, 3.05) is 7.11 Å². The van der Waals surface area contributed by atoms with Crippen molar-refractivity contribution in [2.24, 2.45) is 5.92 Å². The number of hydrogen-bond donors (Lipinski definition) is 0. The Bertz CT molecular complexity index is 660. The van der Waals surface area contributed by atoms with Gasteiger partial charge in [-0.3, -0.25) is 4.98 Å².